The second-order valence-electron chi connectivity index (χ2n) is 5.42. The molecule has 1 aliphatic heterocycles. The maximum atomic E-state index is 12.2. The summed E-state index contributed by atoms with van der Waals surface area (Å²) >= 11 is 0. The zero-order chi connectivity index (χ0) is 14.8. The molecule has 0 aromatic carbocycles. The molecule has 0 atom stereocenters. The van der Waals surface area contributed by atoms with E-state index in [1.54, 1.807) is 23.8 Å². The van der Waals surface area contributed by atoms with Crippen LogP contribution in [-0.2, 0) is 11.3 Å². The van der Waals surface area contributed by atoms with Gasteiger partial charge < -0.3 is 14.9 Å². The number of piperidine rings is 1. The third-order valence-electron chi connectivity index (χ3n) is 3.83. The fraction of sp³-hybridized carbons (Fsp3) is 0.667. The fourth-order valence-electron chi connectivity index (χ4n) is 2.25. The second kappa shape index (κ2) is 5.48. The molecule has 1 aliphatic rings. The second-order valence-corrected chi connectivity index (χ2v) is 5.42. The van der Waals surface area contributed by atoms with Crippen LogP contribution in [0.1, 0.15) is 25.6 Å². The summed E-state index contributed by atoms with van der Waals surface area (Å²) < 4.78 is 0. The number of hydrogen-bond donors (Lipinski definition) is 2. The SMILES string of the molecule is CN(Cc1ncn[nH]1)C(=O)N1CCC(C)(C(=O)O)CC1. The number of nitrogens with zero attached hydrogens (tertiary/aromatic N) is 4. The molecule has 0 radical (unpaired) electrons. The molecule has 8 nitrogen and oxygen atoms in total. The minimum Gasteiger partial charge on any atom is -0.481 e. The van der Waals surface area contributed by atoms with Gasteiger partial charge in [-0.25, -0.2) is 9.78 Å². The predicted octanol–water partition coefficient (Wildman–Crippen LogP) is 0.543. The van der Waals surface area contributed by atoms with Crippen LogP contribution >= 0.6 is 0 Å². The molecule has 20 heavy (non-hydrogen) atoms. The Bertz CT molecular complexity index is 479. The average molecular weight is 281 g/mol. The van der Waals surface area contributed by atoms with Crippen molar-refractivity contribution in [3.05, 3.63) is 12.2 Å². The molecule has 8 heteroatoms. The molecule has 2 N–H and O–H groups in total. The number of carboxylic acids is 1. The van der Waals surface area contributed by atoms with Crippen LogP contribution in [0, 0.1) is 5.41 Å². The molecule has 0 bridgehead atoms. The predicted molar refractivity (Wildman–Crippen MR) is 69.8 cm³/mol. The number of urea groups is 1. The summed E-state index contributed by atoms with van der Waals surface area (Å²) in [5.41, 5.74) is -0.722. The highest BCUT2D eigenvalue weighted by atomic mass is 16.4. The molecule has 2 heterocycles. The van der Waals surface area contributed by atoms with E-state index in [2.05, 4.69) is 15.2 Å². The van der Waals surface area contributed by atoms with Crippen molar-refractivity contribution in [2.24, 2.45) is 5.41 Å². The van der Waals surface area contributed by atoms with Crippen LogP contribution in [-0.4, -0.2) is 62.2 Å². The van der Waals surface area contributed by atoms with Gasteiger partial charge in [-0.3, -0.25) is 9.89 Å². The third-order valence-corrected chi connectivity index (χ3v) is 3.83. The molecule has 1 aromatic heterocycles. The molecular weight excluding hydrogens is 262 g/mol. The molecule has 2 rings (SSSR count). The molecule has 2 amide bonds. The van der Waals surface area contributed by atoms with E-state index < -0.39 is 11.4 Å². The number of carbonyl (C=O) groups is 2. The van der Waals surface area contributed by atoms with E-state index in [-0.39, 0.29) is 6.03 Å². The van der Waals surface area contributed by atoms with Crippen LogP contribution in [0.5, 0.6) is 0 Å². The molecule has 0 spiro atoms. The quantitative estimate of drug-likeness (QED) is 0.842. The number of nitrogens with one attached hydrogen (secondary N) is 1. The summed E-state index contributed by atoms with van der Waals surface area (Å²) in [5.74, 6) is -0.173. The number of aliphatic carboxylic acids is 1. The standard InChI is InChI=1S/C12H19N5O3/c1-12(10(18)19)3-5-17(6-4-12)11(20)16(2)7-9-13-8-14-15-9/h8H,3-7H2,1-2H3,(H,18,19)(H,13,14,15). The van der Waals surface area contributed by atoms with Crippen molar-refractivity contribution >= 4 is 12.0 Å². The molecule has 0 unspecified atom stereocenters. The van der Waals surface area contributed by atoms with Gasteiger partial charge in [-0.05, 0) is 19.8 Å². The Labute approximate surface area is 116 Å². The molecule has 0 aliphatic carbocycles. The Morgan fingerprint density at radius 3 is 2.65 bits per heavy atom. The van der Waals surface area contributed by atoms with Crippen LogP contribution in [0.2, 0.25) is 0 Å². The third kappa shape index (κ3) is 2.89. The number of H-pyrrole nitrogens is 1. The Hall–Kier alpha value is -2.12. The van der Waals surface area contributed by atoms with E-state index in [1.165, 1.54) is 6.33 Å². The number of rotatable bonds is 3. The molecular formula is C12H19N5O3. The summed E-state index contributed by atoms with van der Waals surface area (Å²) in [6.07, 6.45) is 2.35. The van der Waals surface area contributed by atoms with Crippen molar-refractivity contribution in [2.75, 3.05) is 20.1 Å². The van der Waals surface area contributed by atoms with Crippen LogP contribution in [0.15, 0.2) is 6.33 Å². The van der Waals surface area contributed by atoms with Crippen LogP contribution in [0.3, 0.4) is 0 Å². The van der Waals surface area contributed by atoms with E-state index in [4.69, 9.17) is 5.11 Å². The minimum atomic E-state index is -0.792. The van der Waals surface area contributed by atoms with Gasteiger partial charge in [0.25, 0.3) is 0 Å². The average Bonchev–Trinajstić information content (AvgIpc) is 2.91. The first-order chi connectivity index (χ1) is 9.42. The lowest BCUT2D eigenvalue weighted by Gasteiger charge is -2.37. The Morgan fingerprint density at radius 2 is 2.15 bits per heavy atom. The highest BCUT2D eigenvalue weighted by Gasteiger charge is 2.38. The number of aromatic nitrogens is 3. The van der Waals surface area contributed by atoms with Gasteiger partial charge in [0.2, 0.25) is 0 Å². The van der Waals surface area contributed by atoms with Gasteiger partial charge in [0.1, 0.15) is 12.2 Å². The van der Waals surface area contributed by atoms with Crippen molar-refractivity contribution in [3.8, 4) is 0 Å². The first kappa shape index (κ1) is 14.3. The van der Waals surface area contributed by atoms with Gasteiger partial charge in [0, 0.05) is 20.1 Å². The zero-order valence-corrected chi connectivity index (χ0v) is 11.7. The van der Waals surface area contributed by atoms with E-state index in [0.29, 0.717) is 38.3 Å². The lowest BCUT2D eigenvalue weighted by molar-refractivity contribution is -0.150. The van der Waals surface area contributed by atoms with Gasteiger partial charge in [0.15, 0.2) is 0 Å². The number of carboxylic acid groups (broad SMARTS) is 1. The molecule has 1 aromatic rings. The van der Waals surface area contributed by atoms with Gasteiger partial charge >= 0.3 is 12.0 Å². The highest BCUT2D eigenvalue weighted by molar-refractivity contribution is 5.76. The van der Waals surface area contributed by atoms with E-state index in [9.17, 15) is 9.59 Å². The highest BCUT2D eigenvalue weighted by Crippen LogP contribution is 2.31. The Balaban J connectivity index is 1.90. The lowest BCUT2D eigenvalue weighted by atomic mass is 9.80. The Kier molecular flexibility index (Phi) is 3.91. The smallest absolute Gasteiger partial charge is 0.320 e. The fourth-order valence-corrected chi connectivity index (χ4v) is 2.25. The number of amides is 2. The van der Waals surface area contributed by atoms with Crippen molar-refractivity contribution in [1.29, 1.82) is 0 Å². The molecule has 1 saturated heterocycles. The van der Waals surface area contributed by atoms with Crippen molar-refractivity contribution in [3.63, 3.8) is 0 Å². The summed E-state index contributed by atoms with van der Waals surface area (Å²) in [7, 11) is 1.69. The first-order valence-corrected chi connectivity index (χ1v) is 6.50. The minimum absolute atomic E-state index is 0.117. The maximum absolute atomic E-state index is 12.2. The molecule has 1 fully saturated rings. The number of likely N-dealkylation sites (tertiary alicyclic amines) is 1. The summed E-state index contributed by atoms with van der Waals surface area (Å²) in [5, 5.41) is 15.6. The zero-order valence-electron chi connectivity index (χ0n) is 11.7. The van der Waals surface area contributed by atoms with E-state index >= 15 is 0 Å². The largest absolute Gasteiger partial charge is 0.481 e. The lowest BCUT2D eigenvalue weighted by Crippen LogP contribution is -2.49. The maximum Gasteiger partial charge on any atom is 0.320 e. The van der Waals surface area contributed by atoms with Gasteiger partial charge in [-0.15, -0.1) is 0 Å². The number of aromatic amines is 1. The normalized spacial score (nSPS) is 17.8. The van der Waals surface area contributed by atoms with Crippen LogP contribution in [0.25, 0.3) is 0 Å². The van der Waals surface area contributed by atoms with E-state index in [0.717, 1.165) is 0 Å². The van der Waals surface area contributed by atoms with Crippen molar-refractivity contribution < 1.29 is 14.7 Å². The van der Waals surface area contributed by atoms with E-state index in [1.807, 2.05) is 0 Å². The summed E-state index contributed by atoms with van der Waals surface area (Å²) in [6.45, 7) is 3.01. The van der Waals surface area contributed by atoms with Gasteiger partial charge in [-0.2, -0.15) is 5.10 Å². The topological polar surface area (TPSA) is 102 Å². The number of carbonyl (C=O) groups excluding carboxylic acids is 1. The molecule has 110 valence electrons. The van der Waals surface area contributed by atoms with Gasteiger partial charge in [-0.1, -0.05) is 0 Å². The molecule has 0 saturated carbocycles. The van der Waals surface area contributed by atoms with Crippen LogP contribution < -0.4 is 0 Å². The number of hydrogen-bond acceptors (Lipinski definition) is 4. The first-order valence-electron chi connectivity index (χ1n) is 6.50. The van der Waals surface area contributed by atoms with Crippen molar-refractivity contribution in [1.82, 2.24) is 25.0 Å². The summed E-state index contributed by atoms with van der Waals surface area (Å²) in [6, 6.07) is -0.117. The van der Waals surface area contributed by atoms with Gasteiger partial charge in [0.05, 0.1) is 12.0 Å². The summed E-state index contributed by atoms with van der Waals surface area (Å²) in [4.78, 5) is 30.6. The monoisotopic (exact) mass is 281 g/mol. The van der Waals surface area contributed by atoms with Crippen LogP contribution in [0.4, 0.5) is 4.79 Å². The Morgan fingerprint density at radius 1 is 1.50 bits per heavy atom. The van der Waals surface area contributed by atoms with Crippen molar-refractivity contribution in [2.45, 2.75) is 26.3 Å².